The highest BCUT2D eigenvalue weighted by Gasteiger charge is 2.39. The van der Waals surface area contributed by atoms with Crippen LogP contribution in [0.5, 0.6) is 5.75 Å². The van der Waals surface area contributed by atoms with Crippen molar-refractivity contribution >= 4 is 21.8 Å². The van der Waals surface area contributed by atoms with Crippen molar-refractivity contribution in [2.45, 2.75) is 69.6 Å². The van der Waals surface area contributed by atoms with Crippen molar-refractivity contribution in [2.75, 3.05) is 6.54 Å². The molecule has 0 saturated carbocycles. The molecule has 3 aromatic carbocycles. The molecule has 0 unspecified atom stereocenters. The van der Waals surface area contributed by atoms with E-state index in [-0.39, 0.29) is 42.8 Å². The van der Waals surface area contributed by atoms with Gasteiger partial charge in [-0.1, -0.05) is 55.0 Å². The number of esters is 1. The maximum atomic E-state index is 13.9. The maximum Gasteiger partial charge on any atom is 0.310 e. The fourth-order valence-electron chi connectivity index (χ4n) is 5.00. The van der Waals surface area contributed by atoms with Gasteiger partial charge in [0.15, 0.2) is 5.78 Å². The zero-order chi connectivity index (χ0) is 29.4. The number of benzene rings is 3. The number of Topliss-reactive ketones (excluding diaryl/α,β-unsaturated/α-hetero) is 1. The second kappa shape index (κ2) is 13.9. The summed E-state index contributed by atoms with van der Waals surface area (Å²) in [5, 5.41) is 0. The number of carbonyl (C=O) groups excluding carboxylic acids is 2. The third kappa shape index (κ3) is 8.24. The first kappa shape index (κ1) is 30.4. The zero-order valence-electron chi connectivity index (χ0n) is 23.4. The van der Waals surface area contributed by atoms with Gasteiger partial charge >= 0.3 is 5.97 Å². The second-order valence-corrected chi connectivity index (χ2v) is 12.5. The number of nitrogens with zero attached hydrogens (tertiary/aromatic N) is 1. The molecule has 1 fully saturated rings. The first-order chi connectivity index (χ1) is 19.6. The minimum absolute atomic E-state index is 0.0151. The van der Waals surface area contributed by atoms with E-state index in [1.807, 2.05) is 68.4 Å². The summed E-state index contributed by atoms with van der Waals surface area (Å²) >= 11 is 0. The predicted octanol–water partition coefficient (Wildman–Crippen LogP) is 5.72. The van der Waals surface area contributed by atoms with Gasteiger partial charge in [0.25, 0.3) is 0 Å². The summed E-state index contributed by atoms with van der Waals surface area (Å²) in [7, 11) is -4.11. The highest BCUT2D eigenvalue weighted by molar-refractivity contribution is 7.89. The van der Waals surface area contributed by atoms with E-state index >= 15 is 0 Å². The third-order valence-electron chi connectivity index (χ3n) is 7.01. The fourth-order valence-corrected chi connectivity index (χ4v) is 6.71. The minimum Gasteiger partial charge on any atom is -0.491 e. The molecular weight excluding hydrogens is 545 g/mol. The first-order valence-corrected chi connectivity index (χ1v) is 15.3. The SMILES string of the molecule is CC(C)Oc1ccc(C[C@H](CC(=O)[C@@H]2CCCCN2S(=O)(=O)c2cccc(F)c2)C(=O)OCc2ccccc2)cc1. The van der Waals surface area contributed by atoms with E-state index in [1.165, 1.54) is 18.2 Å². The molecule has 7 nitrogen and oxygen atoms in total. The molecule has 0 bridgehead atoms. The number of carbonyl (C=O) groups is 2. The zero-order valence-corrected chi connectivity index (χ0v) is 24.2. The standard InChI is InChI=1S/C32H36FNO6S/c1-23(2)40-28-16-14-24(15-17-28)19-26(32(36)39-22-25-9-4-3-5-10-25)20-31(35)30-13-6-7-18-34(30)41(37,38)29-12-8-11-27(33)21-29/h3-5,8-12,14-17,21,23,26,30H,6-7,13,18-20,22H2,1-2H3/t26-,30+/m1/s1. The molecule has 1 saturated heterocycles. The molecule has 9 heteroatoms. The Hall–Kier alpha value is -3.56. The molecule has 1 aliphatic heterocycles. The fraction of sp³-hybridized carbons (Fsp3) is 0.375. The van der Waals surface area contributed by atoms with E-state index in [2.05, 4.69) is 0 Å². The van der Waals surface area contributed by atoms with E-state index in [0.29, 0.717) is 25.0 Å². The van der Waals surface area contributed by atoms with Gasteiger partial charge in [0.1, 0.15) is 18.2 Å². The summed E-state index contributed by atoms with van der Waals surface area (Å²) in [6.07, 6.45) is 1.67. The van der Waals surface area contributed by atoms with E-state index in [0.717, 1.165) is 21.5 Å². The molecule has 0 amide bonds. The summed E-state index contributed by atoms with van der Waals surface area (Å²) in [6, 6.07) is 20.4. The Morgan fingerprint density at radius 2 is 1.68 bits per heavy atom. The molecule has 0 aromatic heterocycles. The Labute approximate surface area is 241 Å². The van der Waals surface area contributed by atoms with Crippen LogP contribution in [0.3, 0.4) is 0 Å². The summed E-state index contributed by atoms with van der Waals surface area (Å²) in [5.41, 5.74) is 1.64. The second-order valence-electron chi connectivity index (χ2n) is 10.6. The van der Waals surface area contributed by atoms with Gasteiger partial charge in [0, 0.05) is 13.0 Å². The lowest BCUT2D eigenvalue weighted by Gasteiger charge is -2.34. The van der Waals surface area contributed by atoms with Crippen molar-refractivity contribution in [2.24, 2.45) is 5.92 Å². The van der Waals surface area contributed by atoms with Gasteiger partial charge in [0.05, 0.1) is 23.0 Å². The van der Waals surface area contributed by atoms with Crippen LogP contribution in [-0.4, -0.2) is 43.2 Å². The Kier molecular flexibility index (Phi) is 10.3. The maximum absolute atomic E-state index is 13.9. The summed E-state index contributed by atoms with van der Waals surface area (Å²) in [5.74, 6) is -1.67. The van der Waals surface area contributed by atoms with E-state index < -0.39 is 33.8 Å². The van der Waals surface area contributed by atoms with Crippen LogP contribution in [0.4, 0.5) is 4.39 Å². The lowest BCUT2D eigenvalue weighted by molar-refractivity contribution is -0.151. The highest BCUT2D eigenvalue weighted by Crippen LogP contribution is 2.29. The molecule has 3 aromatic rings. The number of hydrogen-bond acceptors (Lipinski definition) is 6. The molecule has 218 valence electrons. The molecule has 4 rings (SSSR count). The van der Waals surface area contributed by atoms with Crippen LogP contribution >= 0.6 is 0 Å². The van der Waals surface area contributed by atoms with Crippen LogP contribution in [0.25, 0.3) is 0 Å². The number of sulfonamides is 1. The van der Waals surface area contributed by atoms with Crippen LogP contribution in [0.1, 0.15) is 50.7 Å². The normalized spacial score (nSPS) is 16.7. The molecule has 0 spiro atoms. The monoisotopic (exact) mass is 581 g/mol. The smallest absolute Gasteiger partial charge is 0.310 e. The molecule has 1 heterocycles. The summed E-state index contributed by atoms with van der Waals surface area (Å²) in [4.78, 5) is 26.8. The minimum atomic E-state index is -4.11. The van der Waals surface area contributed by atoms with Crippen LogP contribution in [0.2, 0.25) is 0 Å². The van der Waals surface area contributed by atoms with Crippen LogP contribution in [-0.2, 0) is 37.4 Å². The molecule has 2 atom stereocenters. The number of halogens is 1. The van der Waals surface area contributed by atoms with Gasteiger partial charge in [-0.05, 0) is 74.6 Å². The van der Waals surface area contributed by atoms with Gasteiger partial charge in [0.2, 0.25) is 10.0 Å². The van der Waals surface area contributed by atoms with Crippen molar-refractivity contribution in [1.82, 2.24) is 4.31 Å². The van der Waals surface area contributed by atoms with Gasteiger partial charge in [-0.2, -0.15) is 4.31 Å². The van der Waals surface area contributed by atoms with Gasteiger partial charge in [-0.15, -0.1) is 0 Å². The summed E-state index contributed by atoms with van der Waals surface area (Å²) in [6.45, 7) is 4.08. The quantitative estimate of drug-likeness (QED) is 0.254. The van der Waals surface area contributed by atoms with Crippen LogP contribution < -0.4 is 4.74 Å². The largest absolute Gasteiger partial charge is 0.491 e. The molecule has 41 heavy (non-hydrogen) atoms. The predicted molar refractivity (Wildman–Crippen MR) is 153 cm³/mol. The number of hydrogen-bond donors (Lipinski definition) is 0. The Morgan fingerprint density at radius 1 is 0.951 bits per heavy atom. The van der Waals surface area contributed by atoms with E-state index in [4.69, 9.17) is 9.47 Å². The Balaban J connectivity index is 1.54. The lowest BCUT2D eigenvalue weighted by Crippen LogP contribution is -2.48. The number of ether oxygens (including phenoxy) is 2. The number of rotatable bonds is 12. The van der Waals surface area contributed by atoms with Gasteiger partial charge in [-0.3, -0.25) is 9.59 Å². The number of ketones is 1. The van der Waals surface area contributed by atoms with Gasteiger partial charge < -0.3 is 9.47 Å². The van der Waals surface area contributed by atoms with Gasteiger partial charge in [-0.25, -0.2) is 12.8 Å². The van der Waals surface area contributed by atoms with Crippen LogP contribution in [0.15, 0.2) is 83.8 Å². The van der Waals surface area contributed by atoms with E-state index in [1.54, 1.807) is 0 Å². The summed E-state index contributed by atoms with van der Waals surface area (Å²) < 4.78 is 53.2. The van der Waals surface area contributed by atoms with Crippen molar-refractivity contribution in [3.05, 3.63) is 95.8 Å². The van der Waals surface area contributed by atoms with Crippen molar-refractivity contribution in [3.8, 4) is 5.75 Å². The average molecular weight is 582 g/mol. The topological polar surface area (TPSA) is 90.0 Å². The first-order valence-electron chi connectivity index (χ1n) is 13.9. The highest BCUT2D eigenvalue weighted by atomic mass is 32.2. The van der Waals surface area contributed by atoms with Crippen LogP contribution in [0, 0.1) is 11.7 Å². The third-order valence-corrected chi connectivity index (χ3v) is 8.91. The number of piperidine rings is 1. The van der Waals surface area contributed by atoms with Crippen molar-refractivity contribution < 1.29 is 31.9 Å². The Morgan fingerprint density at radius 3 is 2.37 bits per heavy atom. The van der Waals surface area contributed by atoms with E-state index in [9.17, 15) is 22.4 Å². The molecule has 0 radical (unpaired) electrons. The lowest BCUT2D eigenvalue weighted by atomic mass is 9.90. The van der Waals surface area contributed by atoms with Crippen molar-refractivity contribution in [3.63, 3.8) is 0 Å². The molecule has 1 aliphatic rings. The molecule has 0 aliphatic carbocycles. The Bertz CT molecular complexity index is 1430. The molecular formula is C32H36FNO6S. The van der Waals surface area contributed by atoms with Crippen molar-refractivity contribution in [1.29, 1.82) is 0 Å². The molecule has 0 N–H and O–H groups in total. The average Bonchev–Trinajstić information content (AvgIpc) is 2.96.